The molecule has 6 nitrogen and oxygen atoms in total. The maximum absolute atomic E-state index is 13.3. The van der Waals surface area contributed by atoms with Crippen LogP contribution in [0.1, 0.15) is 45.1 Å². The van der Waals surface area contributed by atoms with Gasteiger partial charge < -0.3 is 15.2 Å². The van der Waals surface area contributed by atoms with Crippen molar-refractivity contribution in [3.63, 3.8) is 0 Å². The van der Waals surface area contributed by atoms with Crippen molar-refractivity contribution < 1.29 is 18.3 Å². The Bertz CT molecular complexity index is 869. The minimum Gasteiger partial charge on any atom is -0.487 e. The summed E-state index contributed by atoms with van der Waals surface area (Å²) in [5.74, 6) is 7.25. The maximum Gasteiger partial charge on any atom is 0.247 e. The van der Waals surface area contributed by atoms with Gasteiger partial charge in [0.25, 0.3) is 0 Å². The summed E-state index contributed by atoms with van der Waals surface area (Å²) in [6.07, 6.45) is 4.54. The first-order valence-corrected chi connectivity index (χ1v) is 11.9. The van der Waals surface area contributed by atoms with Crippen LogP contribution in [-0.2, 0) is 10.0 Å². The summed E-state index contributed by atoms with van der Waals surface area (Å²) in [5, 5.41) is 12.8. The van der Waals surface area contributed by atoms with E-state index in [-0.39, 0.29) is 23.5 Å². The SMILES string of the molecule is CNC[C@H]1Oc2cc(C#CC3CCCC3)ccc2S(=O)(=O)N([C@H](C)CO)C[C@@H]1C. The van der Waals surface area contributed by atoms with Crippen molar-refractivity contribution in [1.82, 2.24) is 9.62 Å². The molecule has 160 valence electrons. The average Bonchev–Trinajstić information content (AvgIpc) is 3.22. The van der Waals surface area contributed by atoms with Crippen LogP contribution in [0.3, 0.4) is 0 Å². The summed E-state index contributed by atoms with van der Waals surface area (Å²) in [7, 11) is -1.94. The van der Waals surface area contributed by atoms with Crippen molar-refractivity contribution in [3.05, 3.63) is 23.8 Å². The molecule has 3 atom stereocenters. The zero-order chi connectivity index (χ0) is 21.0. The molecule has 1 aromatic carbocycles. The number of benzene rings is 1. The molecular formula is C22H32N2O4S. The Morgan fingerprint density at radius 1 is 1.34 bits per heavy atom. The minimum absolute atomic E-state index is 0.0485. The van der Waals surface area contributed by atoms with Crippen molar-refractivity contribution in [2.75, 3.05) is 26.7 Å². The first kappa shape index (κ1) is 22.1. The number of likely N-dealkylation sites (N-methyl/N-ethyl adjacent to an activating group) is 1. The van der Waals surface area contributed by atoms with Crippen LogP contribution in [0.4, 0.5) is 0 Å². The summed E-state index contributed by atoms with van der Waals surface area (Å²) >= 11 is 0. The molecule has 0 unspecified atom stereocenters. The van der Waals surface area contributed by atoms with Crippen LogP contribution in [0, 0.1) is 23.7 Å². The van der Waals surface area contributed by atoms with Gasteiger partial charge in [-0.2, -0.15) is 4.31 Å². The number of rotatable bonds is 4. The fourth-order valence-corrected chi connectivity index (χ4v) is 5.83. The Hall–Kier alpha value is -1.59. The summed E-state index contributed by atoms with van der Waals surface area (Å²) in [5.41, 5.74) is 0.768. The molecule has 1 aromatic rings. The summed E-state index contributed by atoms with van der Waals surface area (Å²) in [6, 6.07) is 4.58. The van der Waals surface area contributed by atoms with Gasteiger partial charge in [0.1, 0.15) is 16.7 Å². The number of ether oxygens (including phenoxy) is 1. The lowest BCUT2D eigenvalue weighted by molar-refractivity contribution is 0.103. The lowest BCUT2D eigenvalue weighted by Crippen LogP contribution is -2.49. The second-order valence-corrected chi connectivity index (χ2v) is 10.1. The van der Waals surface area contributed by atoms with E-state index in [2.05, 4.69) is 17.2 Å². The normalized spacial score (nSPS) is 25.8. The lowest BCUT2D eigenvalue weighted by atomic mass is 10.0. The van der Waals surface area contributed by atoms with Crippen LogP contribution in [0.25, 0.3) is 0 Å². The molecule has 0 bridgehead atoms. The first-order chi connectivity index (χ1) is 13.9. The zero-order valence-corrected chi connectivity index (χ0v) is 18.3. The van der Waals surface area contributed by atoms with Gasteiger partial charge in [-0.25, -0.2) is 8.42 Å². The average molecular weight is 421 g/mol. The van der Waals surface area contributed by atoms with Gasteiger partial charge in [-0.1, -0.05) is 31.6 Å². The number of aliphatic hydroxyl groups is 1. The van der Waals surface area contributed by atoms with Gasteiger partial charge >= 0.3 is 0 Å². The van der Waals surface area contributed by atoms with Gasteiger partial charge in [-0.15, -0.1) is 0 Å². The third kappa shape index (κ3) is 4.95. The Kier molecular flexibility index (Phi) is 7.23. The van der Waals surface area contributed by atoms with Crippen molar-refractivity contribution in [1.29, 1.82) is 0 Å². The van der Waals surface area contributed by atoms with Crippen LogP contribution >= 0.6 is 0 Å². The van der Waals surface area contributed by atoms with E-state index in [4.69, 9.17) is 4.74 Å². The first-order valence-electron chi connectivity index (χ1n) is 10.5. The summed E-state index contributed by atoms with van der Waals surface area (Å²) in [4.78, 5) is 0.136. The molecule has 0 aromatic heterocycles. The predicted octanol–water partition coefficient (Wildman–Crippen LogP) is 2.22. The number of aliphatic hydroxyl groups excluding tert-OH is 1. The number of hydrogen-bond donors (Lipinski definition) is 2. The van der Waals surface area contributed by atoms with Crippen LogP contribution in [-0.4, -0.2) is 56.7 Å². The topological polar surface area (TPSA) is 78.9 Å². The maximum atomic E-state index is 13.3. The van der Waals surface area contributed by atoms with E-state index < -0.39 is 16.1 Å². The monoisotopic (exact) mass is 420 g/mol. The zero-order valence-electron chi connectivity index (χ0n) is 17.5. The van der Waals surface area contributed by atoms with Gasteiger partial charge in [0, 0.05) is 36.5 Å². The third-order valence-corrected chi connectivity index (χ3v) is 7.87. The third-order valence-electron chi connectivity index (χ3n) is 5.85. The molecule has 7 heteroatoms. The highest BCUT2D eigenvalue weighted by Crippen LogP contribution is 2.34. The molecule has 1 aliphatic carbocycles. The van der Waals surface area contributed by atoms with Crippen LogP contribution in [0.15, 0.2) is 23.1 Å². The second kappa shape index (κ2) is 9.48. The number of fused-ring (bicyclic) bond motifs is 1. The molecule has 0 spiro atoms. The largest absolute Gasteiger partial charge is 0.487 e. The van der Waals surface area contributed by atoms with E-state index in [9.17, 15) is 13.5 Å². The second-order valence-electron chi connectivity index (χ2n) is 8.21. The van der Waals surface area contributed by atoms with E-state index in [0.29, 0.717) is 24.8 Å². The number of nitrogens with zero attached hydrogens (tertiary/aromatic N) is 1. The quantitative estimate of drug-likeness (QED) is 0.731. The van der Waals surface area contributed by atoms with E-state index >= 15 is 0 Å². The fourth-order valence-electron chi connectivity index (χ4n) is 4.00. The van der Waals surface area contributed by atoms with Crippen LogP contribution in [0.5, 0.6) is 5.75 Å². The van der Waals surface area contributed by atoms with E-state index in [1.165, 1.54) is 17.1 Å². The molecule has 1 fully saturated rings. The Morgan fingerprint density at radius 3 is 2.72 bits per heavy atom. The van der Waals surface area contributed by atoms with Gasteiger partial charge in [-0.05, 0) is 45.0 Å². The minimum atomic E-state index is -3.79. The lowest BCUT2D eigenvalue weighted by Gasteiger charge is -2.36. The van der Waals surface area contributed by atoms with E-state index in [1.807, 2.05) is 14.0 Å². The smallest absolute Gasteiger partial charge is 0.247 e. The summed E-state index contributed by atoms with van der Waals surface area (Å²) in [6.45, 7) is 4.35. The number of nitrogens with one attached hydrogen (secondary N) is 1. The van der Waals surface area contributed by atoms with Crippen molar-refractivity contribution in [2.45, 2.75) is 56.6 Å². The van der Waals surface area contributed by atoms with Crippen LogP contribution < -0.4 is 10.1 Å². The molecule has 3 rings (SSSR count). The van der Waals surface area contributed by atoms with E-state index in [1.54, 1.807) is 25.1 Å². The molecule has 0 amide bonds. The summed E-state index contributed by atoms with van der Waals surface area (Å²) < 4.78 is 34.3. The highest BCUT2D eigenvalue weighted by molar-refractivity contribution is 7.89. The Balaban J connectivity index is 2.03. The van der Waals surface area contributed by atoms with Gasteiger partial charge in [0.05, 0.1) is 6.61 Å². The molecule has 0 saturated heterocycles. The number of hydrogen-bond acceptors (Lipinski definition) is 5. The van der Waals surface area contributed by atoms with Crippen molar-refractivity contribution in [2.24, 2.45) is 11.8 Å². The molecule has 2 aliphatic rings. The number of sulfonamides is 1. The van der Waals surface area contributed by atoms with Crippen LogP contribution in [0.2, 0.25) is 0 Å². The molecule has 1 saturated carbocycles. The van der Waals surface area contributed by atoms with Crippen molar-refractivity contribution in [3.8, 4) is 17.6 Å². The molecule has 1 aliphatic heterocycles. The van der Waals surface area contributed by atoms with Crippen molar-refractivity contribution >= 4 is 10.0 Å². The molecule has 1 heterocycles. The van der Waals surface area contributed by atoms with Gasteiger partial charge in [0.15, 0.2) is 0 Å². The fraction of sp³-hybridized carbons (Fsp3) is 0.636. The molecular weight excluding hydrogens is 388 g/mol. The molecule has 0 radical (unpaired) electrons. The standard InChI is InChI=1S/C22H32N2O4S/c1-16-14-24(17(2)15-25)29(26,27)22-11-10-19(9-8-18-6-4-5-7-18)12-20(22)28-21(16)13-23-3/h10-12,16-18,21,23,25H,4-7,13-15H2,1-3H3/t16-,17+,21+/m0/s1. The molecule has 2 N–H and O–H groups in total. The van der Waals surface area contributed by atoms with Gasteiger partial charge in [0.2, 0.25) is 10.0 Å². The van der Waals surface area contributed by atoms with Gasteiger partial charge in [-0.3, -0.25) is 0 Å². The highest BCUT2D eigenvalue weighted by atomic mass is 32.2. The Morgan fingerprint density at radius 2 is 2.07 bits per heavy atom. The predicted molar refractivity (Wildman–Crippen MR) is 113 cm³/mol. The highest BCUT2D eigenvalue weighted by Gasteiger charge is 2.37. The Labute approximate surface area is 174 Å². The van der Waals surface area contributed by atoms with E-state index in [0.717, 1.165) is 18.4 Å². The molecule has 29 heavy (non-hydrogen) atoms.